The zero-order chi connectivity index (χ0) is 13.1. The number of carboxylic acids is 1. The summed E-state index contributed by atoms with van der Waals surface area (Å²) in [4.78, 5) is 14.9. The first-order chi connectivity index (χ1) is 8.63. The number of aromatic nitrogens is 4. The molecule has 0 bridgehead atoms. The Kier molecular flexibility index (Phi) is 3.57. The molecule has 2 rings (SSSR count). The van der Waals surface area contributed by atoms with Gasteiger partial charge >= 0.3 is 5.97 Å². The molecule has 6 nitrogen and oxygen atoms in total. The van der Waals surface area contributed by atoms with E-state index in [-0.39, 0.29) is 5.69 Å². The van der Waals surface area contributed by atoms with Gasteiger partial charge in [0.05, 0.1) is 17.3 Å². The van der Waals surface area contributed by atoms with E-state index >= 15 is 0 Å². The molecule has 2 aromatic heterocycles. The Labute approximate surface area is 108 Å². The highest BCUT2D eigenvalue weighted by Gasteiger charge is 2.17. The minimum atomic E-state index is -1.07. The quantitative estimate of drug-likeness (QED) is 0.910. The molecular formula is C11H11ClN4O2. The molecule has 0 saturated carbocycles. The standard InChI is InChI=1S/C11H11ClN4O2/c1-2-9-10(11(17)18)14-15-16(9)6-7-3-4-13-5-8(7)12/h3-5H,2,6H2,1H3,(H,17,18). The number of halogens is 1. The van der Waals surface area contributed by atoms with E-state index in [0.29, 0.717) is 23.7 Å². The molecule has 0 atom stereocenters. The van der Waals surface area contributed by atoms with E-state index in [2.05, 4.69) is 15.3 Å². The summed E-state index contributed by atoms with van der Waals surface area (Å²) in [6.07, 6.45) is 3.71. The SMILES string of the molecule is CCc1c(C(=O)O)nnn1Cc1ccncc1Cl. The normalized spacial score (nSPS) is 10.6. The predicted octanol–water partition coefficient (Wildman–Crippen LogP) is 1.64. The molecule has 0 aliphatic rings. The Bertz CT molecular complexity index is 582. The van der Waals surface area contributed by atoms with Crippen LogP contribution >= 0.6 is 11.6 Å². The third-order valence-corrected chi connectivity index (χ3v) is 2.89. The van der Waals surface area contributed by atoms with E-state index in [1.165, 1.54) is 6.20 Å². The monoisotopic (exact) mass is 266 g/mol. The van der Waals surface area contributed by atoms with Crippen LogP contribution in [0.5, 0.6) is 0 Å². The molecule has 2 aromatic rings. The second kappa shape index (κ2) is 5.14. The van der Waals surface area contributed by atoms with Crippen molar-refractivity contribution in [2.75, 3.05) is 0 Å². The van der Waals surface area contributed by atoms with Crippen molar-refractivity contribution in [2.24, 2.45) is 0 Å². The number of nitrogens with zero attached hydrogens (tertiary/aromatic N) is 4. The summed E-state index contributed by atoms with van der Waals surface area (Å²) in [7, 11) is 0. The summed E-state index contributed by atoms with van der Waals surface area (Å²) in [5.41, 5.74) is 1.39. The smallest absolute Gasteiger partial charge is 0.358 e. The fourth-order valence-electron chi connectivity index (χ4n) is 1.67. The number of hydrogen-bond donors (Lipinski definition) is 1. The summed E-state index contributed by atoms with van der Waals surface area (Å²) in [5.74, 6) is -1.07. The predicted molar refractivity (Wildman–Crippen MR) is 64.7 cm³/mol. The van der Waals surface area contributed by atoms with Crippen LogP contribution in [0.3, 0.4) is 0 Å². The highest BCUT2D eigenvalue weighted by molar-refractivity contribution is 6.31. The van der Waals surface area contributed by atoms with Gasteiger partial charge in [0.1, 0.15) is 0 Å². The summed E-state index contributed by atoms with van der Waals surface area (Å²) >= 11 is 6.00. The van der Waals surface area contributed by atoms with Crippen LogP contribution in [0.1, 0.15) is 28.7 Å². The number of aromatic carboxylic acids is 1. The van der Waals surface area contributed by atoms with Crippen molar-refractivity contribution in [1.29, 1.82) is 0 Å². The van der Waals surface area contributed by atoms with Crippen LogP contribution in [0.2, 0.25) is 5.02 Å². The van der Waals surface area contributed by atoms with Gasteiger partial charge in [0.2, 0.25) is 0 Å². The Balaban J connectivity index is 2.35. The van der Waals surface area contributed by atoms with Gasteiger partial charge in [-0.05, 0) is 18.1 Å². The third kappa shape index (κ3) is 2.33. The third-order valence-electron chi connectivity index (χ3n) is 2.55. The van der Waals surface area contributed by atoms with E-state index in [1.807, 2.05) is 6.92 Å². The van der Waals surface area contributed by atoms with Crippen molar-refractivity contribution < 1.29 is 9.90 Å². The second-order valence-electron chi connectivity index (χ2n) is 3.67. The van der Waals surface area contributed by atoms with Crippen molar-refractivity contribution in [3.8, 4) is 0 Å². The van der Waals surface area contributed by atoms with Gasteiger partial charge in [-0.25, -0.2) is 9.48 Å². The minimum Gasteiger partial charge on any atom is -0.476 e. The summed E-state index contributed by atoms with van der Waals surface area (Å²) in [6.45, 7) is 2.24. The van der Waals surface area contributed by atoms with E-state index in [1.54, 1.807) is 16.9 Å². The van der Waals surface area contributed by atoms with Gasteiger partial charge < -0.3 is 5.11 Å². The van der Waals surface area contributed by atoms with Crippen LogP contribution in [0.4, 0.5) is 0 Å². The molecule has 0 saturated heterocycles. The summed E-state index contributed by atoms with van der Waals surface area (Å²) in [5, 5.41) is 17.0. The van der Waals surface area contributed by atoms with Crippen LogP contribution in [0.15, 0.2) is 18.5 Å². The fraction of sp³-hybridized carbons (Fsp3) is 0.273. The molecule has 0 aliphatic heterocycles. The first-order valence-corrected chi connectivity index (χ1v) is 5.75. The van der Waals surface area contributed by atoms with Crippen LogP contribution in [-0.4, -0.2) is 31.1 Å². The number of rotatable bonds is 4. The number of carboxylic acid groups (broad SMARTS) is 1. The van der Waals surface area contributed by atoms with Gasteiger partial charge in [-0.15, -0.1) is 5.10 Å². The lowest BCUT2D eigenvalue weighted by molar-refractivity contribution is 0.0689. The average molecular weight is 267 g/mol. The molecule has 0 aliphatic carbocycles. The number of hydrogen-bond acceptors (Lipinski definition) is 4. The lowest BCUT2D eigenvalue weighted by Crippen LogP contribution is -2.09. The van der Waals surface area contributed by atoms with Crippen molar-refractivity contribution >= 4 is 17.6 Å². The number of pyridine rings is 1. The van der Waals surface area contributed by atoms with Crippen molar-refractivity contribution in [1.82, 2.24) is 20.0 Å². The van der Waals surface area contributed by atoms with Crippen molar-refractivity contribution in [2.45, 2.75) is 19.9 Å². The zero-order valence-electron chi connectivity index (χ0n) is 9.67. The first kappa shape index (κ1) is 12.5. The van der Waals surface area contributed by atoms with Crippen molar-refractivity contribution in [3.63, 3.8) is 0 Å². The summed E-state index contributed by atoms with van der Waals surface area (Å²) in [6, 6.07) is 1.77. The summed E-state index contributed by atoms with van der Waals surface area (Å²) < 4.78 is 1.55. The largest absolute Gasteiger partial charge is 0.476 e. The highest BCUT2D eigenvalue weighted by atomic mass is 35.5. The molecule has 0 unspecified atom stereocenters. The Morgan fingerprint density at radius 3 is 2.94 bits per heavy atom. The van der Waals surface area contributed by atoms with Gasteiger partial charge in [-0.3, -0.25) is 4.98 Å². The Morgan fingerprint density at radius 1 is 1.56 bits per heavy atom. The molecule has 0 aromatic carbocycles. The molecule has 7 heteroatoms. The molecule has 94 valence electrons. The van der Waals surface area contributed by atoms with E-state index in [4.69, 9.17) is 16.7 Å². The maximum absolute atomic E-state index is 11.0. The van der Waals surface area contributed by atoms with Gasteiger partial charge in [-0.1, -0.05) is 23.7 Å². The van der Waals surface area contributed by atoms with Gasteiger partial charge in [-0.2, -0.15) is 0 Å². The molecule has 0 fully saturated rings. The lowest BCUT2D eigenvalue weighted by Gasteiger charge is -2.06. The van der Waals surface area contributed by atoms with Gasteiger partial charge in [0, 0.05) is 12.4 Å². The minimum absolute atomic E-state index is 0.0114. The fourth-order valence-corrected chi connectivity index (χ4v) is 1.85. The van der Waals surface area contributed by atoms with E-state index in [9.17, 15) is 4.79 Å². The van der Waals surface area contributed by atoms with Gasteiger partial charge in [0.15, 0.2) is 5.69 Å². The topological polar surface area (TPSA) is 80.9 Å². The Hall–Kier alpha value is -1.95. The van der Waals surface area contributed by atoms with Crippen molar-refractivity contribution in [3.05, 3.63) is 40.4 Å². The Morgan fingerprint density at radius 2 is 2.33 bits per heavy atom. The van der Waals surface area contributed by atoms with Gasteiger partial charge in [0.25, 0.3) is 0 Å². The molecule has 2 heterocycles. The van der Waals surface area contributed by atoms with Crippen LogP contribution in [-0.2, 0) is 13.0 Å². The molecule has 0 radical (unpaired) electrons. The molecular weight excluding hydrogens is 256 g/mol. The molecule has 18 heavy (non-hydrogen) atoms. The van der Waals surface area contributed by atoms with E-state index < -0.39 is 5.97 Å². The molecule has 1 N–H and O–H groups in total. The molecule has 0 amide bonds. The average Bonchev–Trinajstić information content (AvgIpc) is 2.75. The second-order valence-corrected chi connectivity index (χ2v) is 4.08. The highest BCUT2D eigenvalue weighted by Crippen LogP contribution is 2.16. The number of carbonyl (C=O) groups is 1. The molecule has 0 spiro atoms. The van der Waals surface area contributed by atoms with E-state index in [0.717, 1.165) is 5.56 Å². The van der Waals surface area contributed by atoms with Crippen LogP contribution in [0.25, 0.3) is 0 Å². The van der Waals surface area contributed by atoms with Crippen LogP contribution < -0.4 is 0 Å². The maximum Gasteiger partial charge on any atom is 0.358 e. The zero-order valence-corrected chi connectivity index (χ0v) is 10.4. The lowest BCUT2D eigenvalue weighted by atomic mass is 10.2. The van der Waals surface area contributed by atoms with Crippen LogP contribution in [0, 0.1) is 0 Å². The first-order valence-electron chi connectivity index (χ1n) is 5.37. The maximum atomic E-state index is 11.0.